The van der Waals surface area contributed by atoms with E-state index in [2.05, 4.69) is 5.32 Å². The lowest BCUT2D eigenvalue weighted by Crippen LogP contribution is -2.26. The average Bonchev–Trinajstić information content (AvgIpc) is 2.31. The number of carbonyl (C=O) groups is 1. The molecule has 0 saturated heterocycles. The Morgan fingerprint density at radius 2 is 2.17 bits per heavy atom. The second kappa shape index (κ2) is 5.82. The molecule has 0 aliphatic heterocycles. The van der Waals surface area contributed by atoms with Gasteiger partial charge in [-0.2, -0.15) is 0 Å². The van der Waals surface area contributed by atoms with Gasteiger partial charge in [-0.15, -0.1) is 0 Å². The summed E-state index contributed by atoms with van der Waals surface area (Å²) < 4.78 is 18.7. The van der Waals surface area contributed by atoms with Gasteiger partial charge in [0.1, 0.15) is 5.82 Å². The molecule has 0 unspecified atom stereocenters. The average molecular weight is 254 g/mol. The molecule has 4 nitrogen and oxygen atoms in total. The van der Waals surface area contributed by atoms with Crippen molar-refractivity contribution in [1.29, 1.82) is 0 Å². The predicted octanol–water partition coefficient (Wildman–Crippen LogP) is 2.15. The Bertz CT molecular complexity index is 433. The molecule has 0 aliphatic carbocycles. The highest BCUT2D eigenvalue weighted by atomic mass is 19.1. The van der Waals surface area contributed by atoms with Gasteiger partial charge >= 0.3 is 0 Å². The minimum absolute atomic E-state index is 0.273. The minimum atomic E-state index is -0.574. The van der Waals surface area contributed by atoms with Crippen LogP contribution >= 0.6 is 0 Å². The number of ether oxygens (including phenoxy) is 1. The molecule has 0 aliphatic rings. The van der Waals surface area contributed by atoms with Gasteiger partial charge in [0.25, 0.3) is 0 Å². The summed E-state index contributed by atoms with van der Waals surface area (Å²) in [6.45, 7) is 4.44. The van der Waals surface area contributed by atoms with Crippen LogP contribution in [0.15, 0.2) is 18.2 Å². The molecule has 0 aromatic heterocycles. The fourth-order valence-electron chi connectivity index (χ4n) is 1.41. The molecule has 1 rings (SSSR count). The molecule has 0 heterocycles. The number of hydrogen-bond donors (Lipinski definition) is 2. The van der Waals surface area contributed by atoms with E-state index >= 15 is 0 Å². The first kappa shape index (κ1) is 14.4. The quantitative estimate of drug-likeness (QED) is 0.817. The summed E-state index contributed by atoms with van der Waals surface area (Å²) in [5.74, 6) is -0.981. The Hall–Kier alpha value is -1.62. The third-order valence-corrected chi connectivity index (χ3v) is 2.85. The van der Waals surface area contributed by atoms with Crippen LogP contribution in [0.25, 0.3) is 0 Å². The van der Waals surface area contributed by atoms with Crippen molar-refractivity contribution < 1.29 is 13.9 Å². The van der Waals surface area contributed by atoms with Crippen LogP contribution in [0.1, 0.15) is 30.6 Å². The molecule has 0 atom stereocenters. The molecule has 100 valence electrons. The van der Waals surface area contributed by atoms with E-state index in [-0.39, 0.29) is 16.9 Å². The van der Waals surface area contributed by atoms with Gasteiger partial charge in [0.2, 0.25) is 5.91 Å². The highest BCUT2D eigenvalue weighted by Crippen LogP contribution is 2.18. The second-order valence-electron chi connectivity index (χ2n) is 4.70. The van der Waals surface area contributed by atoms with Crippen LogP contribution in [-0.4, -0.2) is 25.2 Å². The highest BCUT2D eigenvalue weighted by Gasteiger charge is 2.16. The van der Waals surface area contributed by atoms with Gasteiger partial charge in [-0.3, -0.25) is 4.79 Å². The van der Waals surface area contributed by atoms with Crippen molar-refractivity contribution in [2.45, 2.75) is 25.9 Å². The van der Waals surface area contributed by atoms with Crippen molar-refractivity contribution in [3.8, 4) is 0 Å². The van der Waals surface area contributed by atoms with Crippen molar-refractivity contribution in [3.63, 3.8) is 0 Å². The number of hydrogen-bond acceptors (Lipinski definition) is 3. The fraction of sp³-hybridized carbons (Fsp3) is 0.462. The SMILES string of the molecule is COC(C)(C)CCNc1cc(C(N)=O)ccc1F. The lowest BCUT2D eigenvalue weighted by atomic mass is 10.1. The van der Waals surface area contributed by atoms with Crippen LogP contribution in [0.4, 0.5) is 10.1 Å². The van der Waals surface area contributed by atoms with Crippen LogP contribution in [0.2, 0.25) is 0 Å². The molecule has 1 aromatic rings. The summed E-state index contributed by atoms with van der Waals surface area (Å²) in [5.41, 5.74) is 5.43. The number of nitrogens with one attached hydrogen (secondary N) is 1. The maximum Gasteiger partial charge on any atom is 0.248 e. The van der Waals surface area contributed by atoms with Gasteiger partial charge < -0.3 is 15.8 Å². The van der Waals surface area contributed by atoms with Gasteiger partial charge in [0, 0.05) is 19.2 Å². The fourth-order valence-corrected chi connectivity index (χ4v) is 1.41. The second-order valence-corrected chi connectivity index (χ2v) is 4.70. The number of methoxy groups -OCH3 is 1. The monoisotopic (exact) mass is 254 g/mol. The molecule has 0 fully saturated rings. The third-order valence-electron chi connectivity index (χ3n) is 2.85. The van der Waals surface area contributed by atoms with Crippen LogP contribution in [0, 0.1) is 5.82 Å². The highest BCUT2D eigenvalue weighted by molar-refractivity contribution is 5.93. The van der Waals surface area contributed by atoms with Gasteiger partial charge in [0.05, 0.1) is 11.3 Å². The lowest BCUT2D eigenvalue weighted by Gasteiger charge is -2.23. The first-order valence-electron chi connectivity index (χ1n) is 5.74. The van der Waals surface area contributed by atoms with Crippen molar-refractivity contribution in [2.75, 3.05) is 19.0 Å². The van der Waals surface area contributed by atoms with E-state index in [1.807, 2.05) is 13.8 Å². The van der Waals surface area contributed by atoms with Crippen LogP contribution in [0.5, 0.6) is 0 Å². The van der Waals surface area contributed by atoms with E-state index < -0.39 is 11.7 Å². The number of nitrogens with two attached hydrogens (primary N) is 1. The number of anilines is 1. The Balaban J connectivity index is 2.67. The number of halogens is 1. The summed E-state index contributed by atoms with van der Waals surface area (Å²) in [7, 11) is 1.63. The van der Waals surface area contributed by atoms with Crippen LogP contribution in [-0.2, 0) is 4.74 Å². The van der Waals surface area contributed by atoms with Gasteiger partial charge in [-0.05, 0) is 38.5 Å². The lowest BCUT2D eigenvalue weighted by molar-refractivity contribution is 0.0184. The van der Waals surface area contributed by atoms with Gasteiger partial charge in [-0.1, -0.05) is 0 Å². The molecule has 0 radical (unpaired) electrons. The minimum Gasteiger partial charge on any atom is -0.383 e. The van der Waals surface area contributed by atoms with Crippen molar-refractivity contribution in [1.82, 2.24) is 0 Å². The Labute approximate surface area is 106 Å². The zero-order chi connectivity index (χ0) is 13.8. The molecular weight excluding hydrogens is 235 g/mol. The van der Waals surface area contributed by atoms with E-state index in [9.17, 15) is 9.18 Å². The van der Waals surface area contributed by atoms with E-state index in [4.69, 9.17) is 10.5 Å². The van der Waals surface area contributed by atoms with Crippen molar-refractivity contribution in [3.05, 3.63) is 29.6 Å². The summed E-state index contributed by atoms with van der Waals surface area (Å²) >= 11 is 0. The summed E-state index contributed by atoms with van der Waals surface area (Å²) in [5, 5.41) is 2.94. The molecule has 0 bridgehead atoms. The maximum absolute atomic E-state index is 13.5. The molecule has 18 heavy (non-hydrogen) atoms. The molecule has 0 spiro atoms. The number of benzene rings is 1. The topological polar surface area (TPSA) is 64.3 Å². The predicted molar refractivity (Wildman–Crippen MR) is 69.1 cm³/mol. The maximum atomic E-state index is 13.5. The number of primary amides is 1. The van der Waals surface area contributed by atoms with E-state index in [1.165, 1.54) is 18.2 Å². The summed E-state index contributed by atoms with van der Waals surface area (Å²) in [6.07, 6.45) is 0.712. The van der Waals surface area contributed by atoms with E-state index in [0.29, 0.717) is 13.0 Å². The number of amides is 1. The molecule has 5 heteroatoms. The van der Waals surface area contributed by atoms with Crippen LogP contribution < -0.4 is 11.1 Å². The first-order valence-corrected chi connectivity index (χ1v) is 5.74. The van der Waals surface area contributed by atoms with Crippen molar-refractivity contribution >= 4 is 11.6 Å². The Morgan fingerprint density at radius 3 is 2.72 bits per heavy atom. The smallest absolute Gasteiger partial charge is 0.248 e. The Morgan fingerprint density at radius 1 is 1.50 bits per heavy atom. The van der Waals surface area contributed by atoms with E-state index in [1.54, 1.807) is 7.11 Å². The summed E-state index contributed by atoms with van der Waals surface area (Å²) in [6, 6.07) is 4.00. The molecule has 0 saturated carbocycles. The third kappa shape index (κ3) is 4.00. The summed E-state index contributed by atoms with van der Waals surface area (Å²) in [4.78, 5) is 11.0. The van der Waals surface area contributed by atoms with Gasteiger partial charge in [0.15, 0.2) is 0 Å². The largest absolute Gasteiger partial charge is 0.383 e. The van der Waals surface area contributed by atoms with Gasteiger partial charge in [-0.25, -0.2) is 4.39 Å². The van der Waals surface area contributed by atoms with E-state index in [0.717, 1.165) is 0 Å². The van der Waals surface area contributed by atoms with Crippen molar-refractivity contribution in [2.24, 2.45) is 5.73 Å². The molecule has 3 N–H and O–H groups in total. The normalized spacial score (nSPS) is 11.3. The number of carbonyl (C=O) groups excluding carboxylic acids is 1. The zero-order valence-electron chi connectivity index (χ0n) is 10.9. The first-order chi connectivity index (χ1) is 8.35. The molecule has 1 amide bonds. The molecular formula is C13H19FN2O2. The zero-order valence-corrected chi connectivity index (χ0v) is 10.9. The number of rotatable bonds is 6. The standard InChI is InChI=1S/C13H19FN2O2/c1-13(2,18-3)6-7-16-11-8-9(12(15)17)4-5-10(11)14/h4-5,8,16H,6-7H2,1-3H3,(H2,15,17). The Kier molecular flexibility index (Phi) is 4.67. The molecule has 1 aromatic carbocycles. The van der Waals surface area contributed by atoms with Crippen LogP contribution in [0.3, 0.4) is 0 Å².